The molecule has 0 amide bonds. The lowest BCUT2D eigenvalue weighted by atomic mass is 9.33. The highest BCUT2D eigenvalue weighted by Crippen LogP contribution is 2.76. The number of hydrogen-bond donors (Lipinski definition) is 9. The van der Waals surface area contributed by atoms with E-state index in [1.807, 2.05) is 6.92 Å². The number of hydrogen-bond acceptors (Lipinski definition) is 18. The number of allylic oxidation sites excluding steroid dienone is 2. The molecule has 22 atom stereocenters. The van der Waals surface area contributed by atoms with E-state index in [4.69, 9.17) is 33.2 Å². The van der Waals surface area contributed by atoms with Gasteiger partial charge in [-0.15, -0.1) is 0 Å². The van der Waals surface area contributed by atoms with E-state index < -0.39 is 121 Å². The molecule has 0 aromatic carbocycles. The molecule has 7 fully saturated rings. The van der Waals surface area contributed by atoms with E-state index in [9.17, 15) is 55.5 Å². The molecule has 18 nitrogen and oxygen atoms in total. The molecule has 0 radical (unpaired) electrons. The summed E-state index contributed by atoms with van der Waals surface area (Å²) in [5.41, 5.74) is -0.815. The van der Waals surface area contributed by atoms with Gasteiger partial charge < -0.3 is 79.1 Å². The third kappa shape index (κ3) is 8.86. The Morgan fingerprint density at radius 3 is 2.12 bits per heavy atom. The van der Waals surface area contributed by atoms with Gasteiger partial charge in [-0.2, -0.15) is 0 Å². The molecule has 0 bridgehead atoms. The maximum atomic E-state index is 14.7. The number of ether oxygens (including phenoxy) is 7. The van der Waals surface area contributed by atoms with Crippen molar-refractivity contribution in [3.8, 4) is 0 Å². The van der Waals surface area contributed by atoms with Gasteiger partial charge in [-0.3, -0.25) is 4.79 Å². The van der Waals surface area contributed by atoms with Crippen molar-refractivity contribution < 1.29 is 88.7 Å². The largest absolute Gasteiger partial charge is 0.464 e. The van der Waals surface area contributed by atoms with Crippen LogP contribution in [0.4, 0.5) is 0 Å². The predicted octanol–water partition coefficient (Wildman–Crippen LogP) is 2.13. The van der Waals surface area contributed by atoms with Crippen LogP contribution in [0.1, 0.15) is 132 Å². The van der Waals surface area contributed by atoms with Crippen molar-refractivity contribution in [2.45, 2.75) is 225 Å². The van der Waals surface area contributed by atoms with E-state index in [2.05, 4.69) is 54.5 Å². The number of carbonyl (C=O) groups is 2. The summed E-state index contributed by atoms with van der Waals surface area (Å²) in [4.78, 5) is 28.1. The molecule has 0 unspecified atom stereocenters. The third-order valence-electron chi connectivity index (χ3n) is 19.6. The molecule has 4 saturated carbocycles. The van der Waals surface area contributed by atoms with Crippen molar-refractivity contribution in [1.29, 1.82) is 0 Å². The van der Waals surface area contributed by atoms with Crippen molar-refractivity contribution >= 4 is 11.9 Å². The predicted molar refractivity (Wildman–Crippen MR) is 243 cm³/mol. The molecule has 18 heteroatoms. The SMILES string of the molecule is CCCCOC(=O)[C@H]1O[C@@H](O[C@H]2CC[C@]3(C)[C@H]4CC=C5[C@@H]6CC(C)(C)CC[C@]6(C(=O)O[C@@H]6O[C@H](CO)[C@@H](O)[C@H](O)[C@H]6O)CC[C@@]5(C)[C@]4(C)CC[C@H]3C2(C)C)[C@H](O[C@@H]2OC[C@@H](O)[C@H](O)[C@H]2O)[C@@H](O)[C@@H]1O. The summed E-state index contributed by atoms with van der Waals surface area (Å²) < 4.78 is 41.8. The zero-order chi connectivity index (χ0) is 50.4. The summed E-state index contributed by atoms with van der Waals surface area (Å²) in [5, 5.41) is 95.9. The summed E-state index contributed by atoms with van der Waals surface area (Å²) >= 11 is 0. The Morgan fingerprint density at radius 2 is 1.42 bits per heavy atom. The molecule has 69 heavy (non-hydrogen) atoms. The summed E-state index contributed by atoms with van der Waals surface area (Å²) in [6.45, 7) is 17.1. The highest BCUT2D eigenvalue weighted by atomic mass is 16.8. The Kier molecular flexibility index (Phi) is 15.0. The summed E-state index contributed by atoms with van der Waals surface area (Å²) in [7, 11) is 0. The molecule has 9 N–H and O–H groups in total. The molecular weight excluding hydrogens is 901 g/mol. The molecule has 5 aliphatic carbocycles. The van der Waals surface area contributed by atoms with Crippen molar-refractivity contribution in [1.82, 2.24) is 0 Å². The van der Waals surface area contributed by atoms with Crippen LogP contribution in [0.3, 0.4) is 0 Å². The van der Waals surface area contributed by atoms with Crippen LogP contribution in [0.25, 0.3) is 0 Å². The number of unbranched alkanes of at least 4 members (excludes halogenated alkanes) is 1. The van der Waals surface area contributed by atoms with Crippen LogP contribution in [-0.2, 0) is 42.7 Å². The first-order valence-electron chi connectivity index (χ1n) is 25.7. The van der Waals surface area contributed by atoms with Gasteiger partial charge in [0.2, 0.25) is 6.29 Å². The van der Waals surface area contributed by atoms with Crippen LogP contribution in [0.5, 0.6) is 0 Å². The van der Waals surface area contributed by atoms with Crippen molar-refractivity contribution in [3.63, 3.8) is 0 Å². The number of carbonyl (C=O) groups excluding carboxylic acids is 2. The number of aliphatic hydroxyl groups is 9. The van der Waals surface area contributed by atoms with E-state index in [-0.39, 0.29) is 52.6 Å². The van der Waals surface area contributed by atoms with Crippen LogP contribution < -0.4 is 0 Å². The van der Waals surface area contributed by atoms with Crippen LogP contribution in [0, 0.1) is 50.2 Å². The number of fused-ring (bicyclic) bond motifs is 7. The maximum absolute atomic E-state index is 14.7. The highest BCUT2D eigenvalue weighted by Gasteiger charge is 2.70. The fourth-order valence-electron chi connectivity index (χ4n) is 15.1. The van der Waals surface area contributed by atoms with Crippen molar-refractivity contribution in [2.24, 2.45) is 50.2 Å². The molecule has 394 valence electrons. The second-order valence-corrected chi connectivity index (χ2v) is 24.2. The van der Waals surface area contributed by atoms with Crippen LogP contribution in [0.15, 0.2) is 11.6 Å². The number of esters is 2. The Bertz CT molecular complexity index is 1890. The van der Waals surface area contributed by atoms with Gasteiger partial charge >= 0.3 is 11.9 Å². The normalized spacial score (nSPS) is 50.3. The van der Waals surface area contributed by atoms with E-state index in [1.54, 1.807) is 0 Å². The van der Waals surface area contributed by atoms with Gasteiger partial charge in [0.15, 0.2) is 18.7 Å². The second-order valence-electron chi connectivity index (χ2n) is 24.2. The zero-order valence-corrected chi connectivity index (χ0v) is 41.8. The lowest BCUT2D eigenvalue weighted by Gasteiger charge is -2.71. The van der Waals surface area contributed by atoms with Gasteiger partial charge in [0, 0.05) is 0 Å². The zero-order valence-electron chi connectivity index (χ0n) is 41.8. The summed E-state index contributed by atoms with van der Waals surface area (Å²) in [5.74, 6) is -1.12. The minimum absolute atomic E-state index is 0.0664. The lowest BCUT2D eigenvalue weighted by molar-refractivity contribution is -0.366. The van der Waals surface area contributed by atoms with Gasteiger partial charge in [-0.05, 0) is 115 Å². The maximum Gasteiger partial charge on any atom is 0.338 e. The number of rotatable bonds is 11. The molecule has 0 aromatic rings. The first-order chi connectivity index (χ1) is 32.3. The Labute approximate surface area is 406 Å². The van der Waals surface area contributed by atoms with E-state index in [0.717, 1.165) is 51.4 Å². The molecule has 3 heterocycles. The fourth-order valence-corrected chi connectivity index (χ4v) is 15.1. The smallest absolute Gasteiger partial charge is 0.338 e. The van der Waals surface area contributed by atoms with Crippen LogP contribution >= 0.6 is 0 Å². The number of aliphatic hydroxyl groups excluding tert-OH is 9. The first-order valence-corrected chi connectivity index (χ1v) is 25.7. The Morgan fingerprint density at radius 1 is 0.725 bits per heavy atom. The quantitative estimate of drug-likeness (QED) is 0.0621. The van der Waals surface area contributed by atoms with Gasteiger partial charge in [0.25, 0.3) is 0 Å². The average molecular weight is 983 g/mol. The van der Waals surface area contributed by atoms with E-state index in [0.29, 0.717) is 25.7 Å². The minimum Gasteiger partial charge on any atom is -0.464 e. The average Bonchev–Trinajstić information content (AvgIpc) is 3.29. The van der Waals surface area contributed by atoms with E-state index in [1.165, 1.54) is 5.57 Å². The lowest BCUT2D eigenvalue weighted by Crippen LogP contribution is -2.67. The van der Waals surface area contributed by atoms with Gasteiger partial charge in [-0.25, -0.2) is 4.79 Å². The fraction of sp³-hybridized carbons (Fsp3) is 0.922. The second kappa shape index (κ2) is 19.4. The summed E-state index contributed by atoms with van der Waals surface area (Å²) in [6.07, 6.45) is -11.4. The van der Waals surface area contributed by atoms with Gasteiger partial charge in [0.1, 0.15) is 61.0 Å². The highest BCUT2D eigenvalue weighted by molar-refractivity contribution is 5.79. The topological polar surface area (TPSA) is 281 Å². The molecule has 0 spiro atoms. The van der Waals surface area contributed by atoms with Gasteiger partial charge in [-0.1, -0.05) is 73.5 Å². The molecule has 3 saturated heterocycles. The monoisotopic (exact) mass is 983 g/mol. The van der Waals surface area contributed by atoms with Crippen LogP contribution in [-0.4, -0.2) is 170 Å². The molecular formula is C51H82O18. The van der Waals surface area contributed by atoms with Crippen molar-refractivity contribution in [2.75, 3.05) is 19.8 Å². The van der Waals surface area contributed by atoms with Crippen molar-refractivity contribution in [3.05, 3.63) is 11.6 Å². The molecule has 8 rings (SSSR count). The standard InChI is InChI=1S/C51H82O18/c1-9-10-21-63-41(61)39-35(57)36(58)40(68-42-37(59)32(54)27(53)24-64-42)44(67-39)66-31-14-15-48(6)29(47(31,4)5)13-16-50(8)30(48)12-11-25-26-22-46(2,3)17-19-51(26,20-18-49(25,50)7)45(62)69-43-38(60)34(56)33(55)28(23-52)65-43/h11,26-40,42-44,52-60H,9-10,12-24H2,1-8H3/t26-,27+,28+,29-,30+,31-,32-,33+,34-,35-,36-,37+,38+,39-,40+,42-,43-,44+,48-,49+,50+,51-/m0/s1. The molecule has 0 aromatic heterocycles. The van der Waals surface area contributed by atoms with E-state index >= 15 is 0 Å². The molecule has 3 aliphatic heterocycles. The molecule has 8 aliphatic rings. The third-order valence-corrected chi connectivity index (χ3v) is 19.6. The first kappa shape index (κ1) is 53.4. The Balaban J connectivity index is 1.05. The van der Waals surface area contributed by atoms with Gasteiger partial charge in [0.05, 0.1) is 31.3 Å². The Hall–Kier alpha value is -1.88. The minimum atomic E-state index is -1.79. The van der Waals surface area contributed by atoms with Crippen LogP contribution in [0.2, 0.25) is 0 Å². The summed E-state index contributed by atoms with van der Waals surface area (Å²) in [6, 6.07) is 0.